The van der Waals surface area contributed by atoms with E-state index in [4.69, 9.17) is 4.74 Å². The third-order valence-corrected chi connectivity index (χ3v) is 7.68. The number of ether oxygens (including phenoxy) is 1. The molecule has 0 saturated carbocycles. The molecule has 2 heterocycles. The second-order valence-electron chi connectivity index (χ2n) is 10.4. The van der Waals surface area contributed by atoms with Crippen molar-refractivity contribution in [3.05, 3.63) is 132 Å². The molecule has 7 heteroatoms. The van der Waals surface area contributed by atoms with E-state index in [1.807, 2.05) is 91.0 Å². The van der Waals surface area contributed by atoms with Gasteiger partial charge in [-0.25, -0.2) is 0 Å². The highest BCUT2D eigenvalue weighted by Crippen LogP contribution is 2.42. The van der Waals surface area contributed by atoms with Crippen LogP contribution in [0.2, 0.25) is 0 Å². The average molecular weight is 545 g/mol. The molecule has 1 aliphatic heterocycles. The number of hydrogen-bond acceptors (Lipinski definition) is 5. The second kappa shape index (κ2) is 11.5. The van der Waals surface area contributed by atoms with Gasteiger partial charge in [-0.3, -0.25) is 14.4 Å². The predicted molar refractivity (Wildman–Crippen MR) is 160 cm³/mol. The fraction of sp³-hybridized carbons (Fsp3) is 0.206. The third-order valence-electron chi connectivity index (χ3n) is 7.68. The largest absolute Gasteiger partial charge is 0.382 e. The van der Waals surface area contributed by atoms with Gasteiger partial charge in [-0.15, -0.1) is 5.10 Å². The number of aryl methyl sites for hydroxylation is 1. The minimum absolute atomic E-state index is 0.00165. The number of benzene rings is 4. The first-order chi connectivity index (χ1) is 20.0. The number of aliphatic hydroxyl groups excluding tert-OH is 1. The van der Waals surface area contributed by atoms with Crippen molar-refractivity contribution in [1.82, 2.24) is 15.0 Å². The number of amides is 1. The van der Waals surface area contributed by atoms with Crippen LogP contribution in [0.25, 0.3) is 10.8 Å². The quantitative estimate of drug-likeness (QED) is 0.196. The Bertz CT molecular complexity index is 1690. The predicted octanol–water partition coefficient (Wildman–Crippen LogP) is 6.78. The zero-order valence-corrected chi connectivity index (χ0v) is 23.1. The number of anilines is 2. The summed E-state index contributed by atoms with van der Waals surface area (Å²) in [6.07, 6.45) is 5.92. The Hall–Kier alpha value is -4.59. The van der Waals surface area contributed by atoms with Gasteiger partial charge in [0, 0.05) is 30.6 Å². The molecule has 0 bridgehead atoms. The highest BCUT2D eigenvalue weighted by Gasteiger charge is 2.31. The summed E-state index contributed by atoms with van der Waals surface area (Å²) in [7, 11) is 1.72. The number of rotatable bonds is 10. The highest BCUT2D eigenvalue weighted by molar-refractivity contribution is 6.27. The summed E-state index contributed by atoms with van der Waals surface area (Å²) < 4.78 is 7.63. The second-order valence-corrected chi connectivity index (χ2v) is 10.4. The number of aromatic nitrogens is 3. The normalized spacial score (nSPS) is 15.1. The number of aliphatic hydroxyl groups is 1. The molecule has 41 heavy (non-hydrogen) atoms. The lowest BCUT2D eigenvalue weighted by atomic mass is 9.96. The van der Waals surface area contributed by atoms with Crippen molar-refractivity contribution in [3.63, 3.8) is 0 Å². The molecule has 206 valence electrons. The third kappa shape index (κ3) is 5.17. The summed E-state index contributed by atoms with van der Waals surface area (Å²) >= 11 is 0. The Morgan fingerprint density at radius 3 is 2.44 bits per heavy atom. The van der Waals surface area contributed by atoms with Gasteiger partial charge in [-0.2, -0.15) is 0 Å². The van der Waals surface area contributed by atoms with E-state index in [0.717, 1.165) is 45.3 Å². The topological polar surface area (TPSA) is 80.5 Å². The van der Waals surface area contributed by atoms with Gasteiger partial charge in [-0.05, 0) is 47.2 Å². The average Bonchev–Trinajstić information content (AvgIpc) is 3.60. The maximum Gasteiger partial charge on any atom is 0.263 e. The Morgan fingerprint density at radius 2 is 1.68 bits per heavy atom. The van der Waals surface area contributed by atoms with Gasteiger partial charge >= 0.3 is 0 Å². The molecule has 4 aromatic carbocycles. The molecular formula is C34H32N4O3. The maximum atomic E-state index is 13.3. The molecular weight excluding hydrogens is 512 g/mol. The van der Waals surface area contributed by atoms with Crippen LogP contribution in [0.3, 0.4) is 0 Å². The van der Waals surface area contributed by atoms with Gasteiger partial charge in [0.15, 0.2) is 0 Å². The van der Waals surface area contributed by atoms with Gasteiger partial charge in [0.05, 0.1) is 23.6 Å². The van der Waals surface area contributed by atoms with Crippen LogP contribution < -0.4 is 4.90 Å². The van der Waals surface area contributed by atoms with Crippen LogP contribution in [-0.4, -0.2) is 33.1 Å². The number of allylic oxidation sites excluding steroid dienone is 1. The SMILES string of the molecule is CO[C@H](c1ccc(N2C(=O)c3cccc4cccc2c34)cc1)[C@H](C)/C=C/CCn1cc([C@H](O)c2ccccc2)nn1. The molecule has 0 fully saturated rings. The lowest BCUT2D eigenvalue weighted by molar-refractivity contribution is 0.0741. The van der Waals surface area contributed by atoms with E-state index in [2.05, 4.69) is 29.4 Å². The molecule has 6 rings (SSSR count). The molecule has 1 N–H and O–H groups in total. The van der Waals surface area contributed by atoms with Crippen molar-refractivity contribution in [3.8, 4) is 0 Å². The smallest absolute Gasteiger partial charge is 0.263 e. The van der Waals surface area contributed by atoms with E-state index < -0.39 is 6.10 Å². The Morgan fingerprint density at radius 1 is 0.927 bits per heavy atom. The van der Waals surface area contributed by atoms with E-state index in [0.29, 0.717) is 12.2 Å². The Kier molecular flexibility index (Phi) is 7.46. The van der Waals surface area contributed by atoms with Crippen LogP contribution in [0.4, 0.5) is 11.4 Å². The number of hydrogen-bond donors (Lipinski definition) is 1. The van der Waals surface area contributed by atoms with Gasteiger partial charge in [-0.1, -0.05) is 91.0 Å². The van der Waals surface area contributed by atoms with Crippen LogP contribution in [0, 0.1) is 5.92 Å². The Balaban J connectivity index is 1.09. The van der Waals surface area contributed by atoms with Crippen LogP contribution >= 0.6 is 0 Å². The van der Waals surface area contributed by atoms with E-state index in [1.54, 1.807) is 22.9 Å². The molecule has 5 aromatic rings. The lowest BCUT2D eigenvalue weighted by Crippen LogP contribution is -2.21. The number of carbonyl (C=O) groups is 1. The van der Waals surface area contributed by atoms with E-state index in [1.165, 1.54) is 0 Å². The summed E-state index contributed by atoms with van der Waals surface area (Å²) in [5.74, 6) is 0.127. The fourth-order valence-electron chi connectivity index (χ4n) is 5.61. The molecule has 7 nitrogen and oxygen atoms in total. The summed E-state index contributed by atoms with van der Waals surface area (Å²) in [4.78, 5) is 15.1. The van der Waals surface area contributed by atoms with Crippen LogP contribution in [0.5, 0.6) is 0 Å². The lowest BCUT2D eigenvalue weighted by Gasteiger charge is -2.22. The number of carbonyl (C=O) groups excluding carboxylic acids is 1. The van der Waals surface area contributed by atoms with Gasteiger partial charge < -0.3 is 9.84 Å². The highest BCUT2D eigenvalue weighted by atomic mass is 16.5. The monoisotopic (exact) mass is 544 g/mol. The van der Waals surface area contributed by atoms with E-state index in [9.17, 15) is 9.90 Å². The molecule has 3 atom stereocenters. The van der Waals surface area contributed by atoms with Crippen molar-refractivity contribution >= 4 is 28.1 Å². The van der Waals surface area contributed by atoms with Gasteiger partial charge in [0.2, 0.25) is 0 Å². The first-order valence-electron chi connectivity index (χ1n) is 13.8. The van der Waals surface area contributed by atoms with Crippen LogP contribution in [0.15, 0.2) is 109 Å². The number of methoxy groups -OCH3 is 1. The molecule has 0 aliphatic carbocycles. The Labute approximate surface area is 239 Å². The molecule has 0 radical (unpaired) electrons. The van der Waals surface area contributed by atoms with E-state index in [-0.39, 0.29) is 17.9 Å². The summed E-state index contributed by atoms with van der Waals surface area (Å²) in [5, 5.41) is 20.9. The van der Waals surface area contributed by atoms with Crippen molar-refractivity contribution in [2.45, 2.75) is 32.1 Å². The summed E-state index contributed by atoms with van der Waals surface area (Å²) in [6, 6.07) is 29.4. The standard InChI is InChI=1S/C34H32N4O3/c1-23(10-6-7-21-37-22-29(35-36-37)32(39)25-11-4-3-5-12-25)33(41-2)26-17-19-27(20-18-26)38-30-16-9-14-24-13-8-15-28(31(24)30)34(38)40/h3-6,8-20,22-23,32-33,39H,7,21H2,1-2H3/b10-6+/t23-,32-,33+/m1/s1. The van der Waals surface area contributed by atoms with Crippen molar-refractivity contribution in [1.29, 1.82) is 0 Å². The molecule has 0 saturated heterocycles. The first-order valence-corrected chi connectivity index (χ1v) is 13.8. The van der Waals surface area contributed by atoms with Crippen molar-refractivity contribution < 1.29 is 14.6 Å². The van der Waals surface area contributed by atoms with Crippen LogP contribution in [-0.2, 0) is 11.3 Å². The molecule has 0 unspecified atom stereocenters. The molecule has 1 aliphatic rings. The first kappa shape index (κ1) is 26.6. The molecule has 1 aromatic heterocycles. The maximum absolute atomic E-state index is 13.3. The van der Waals surface area contributed by atoms with Gasteiger partial charge in [0.1, 0.15) is 11.8 Å². The molecule has 0 spiro atoms. The van der Waals surface area contributed by atoms with Crippen molar-refractivity contribution in [2.24, 2.45) is 5.92 Å². The summed E-state index contributed by atoms with van der Waals surface area (Å²) in [6.45, 7) is 2.78. The minimum atomic E-state index is -0.790. The number of nitrogens with zero attached hydrogens (tertiary/aromatic N) is 4. The van der Waals surface area contributed by atoms with Gasteiger partial charge in [0.25, 0.3) is 5.91 Å². The minimum Gasteiger partial charge on any atom is -0.382 e. The summed E-state index contributed by atoms with van der Waals surface area (Å²) in [5.41, 5.74) is 4.88. The zero-order chi connectivity index (χ0) is 28.3. The van der Waals surface area contributed by atoms with Crippen molar-refractivity contribution in [2.75, 3.05) is 12.0 Å². The fourth-order valence-corrected chi connectivity index (χ4v) is 5.61. The van der Waals surface area contributed by atoms with E-state index >= 15 is 0 Å². The zero-order valence-electron chi connectivity index (χ0n) is 23.1. The van der Waals surface area contributed by atoms with Crippen LogP contribution in [0.1, 0.15) is 52.7 Å². The molecule has 1 amide bonds.